The van der Waals surface area contributed by atoms with Crippen molar-refractivity contribution < 1.29 is 19.9 Å². The first-order chi connectivity index (χ1) is 3.91. The van der Waals surface area contributed by atoms with Crippen LogP contribution in [0.15, 0.2) is 23.3 Å². The Balaban J connectivity index is -0.0000000900. The molecule has 1 aromatic rings. The van der Waals surface area contributed by atoms with E-state index < -0.39 is 7.69 Å². The van der Waals surface area contributed by atoms with Gasteiger partial charge in [-0.25, -0.2) is 4.98 Å². The number of aromatic nitrogens is 1. The number of hydrogen-bond acceptors (Lipinski definition) is 4. The van der Waals surface area contributed by atoms with E-state index in [4.69, 9.17) is 10.0 Å². The molecular formula is C3H6BCaNO4. The monoisotopic (exact) mass is 171 g/mol. The van der Waals surface area contributed by atoms with Gasteiger partial charge < -0.3 is 19.9 Å². The van der Waals surface area contributed by atoms with Crippen LogP contribution in [-0.4, -0.2) is 55.9 Å². The smallest absolute Gasteiger partial charge is 0.896 e. The molecule has 1 rings (SSSR count). The van der Waals surface area contributed by atoms with Crippen LogP contribution >= 0.6 is 0 Å². The van der Waals surface area contributed by atoms with E-state index in [1.165, 1.54) is 12.7 Å². The number of rotatable bonds is 0. The van der Waals surface area contributed by atoms with Crippen LogP contribution < -0.4 is 10.0 Å². The van der Waals surface area contributed by atoms with Crippen molar-refractivity contribution >= 4 is 45.4 Å². The van der Waals surface area contributed by atoms with Crippen molar-refractivity contribution in [3.63, 3.8) is 0 Å². The molecule has 0 radical (unpaired) electrons. The second-order valence-corrected chi connectivity index (χ2v) is 0.794. The van der Waals surface area contributed by atoms with Crippen molar-refractivity contribution in [1.29, 1.82) is 0 Å². The summed E-state index contributed by atoms with van der Waals surface area (Å²) < 4.78 is 4.47. The molecule has 0 saturated carbocycles. The standard InChI is InChI=1S/C3H3NO.BHO2.Ca.H2O/c1-2-5-3-4-1;2-1-3;;/h1-3H;1H;;1H2/q;-2;+2;. The molecular weight excluding hydrogens is 165 g/mol. The normalized spacial score (nSPS) is 5.40. The number of nitrogens with zero attached hydrogens (tertiary/aromatic N) is 1. The maximum atomic E-state index is 8.38. The minimum absolute atomic E-state index is 0. The summed E-state index contributed by atoms with van der Waals surface area (Å²) in [6.45, 7) is 0. The molecule has 5 nitrogen and oxygen atoms in total. The SMILES string of the molecule is O.[Ca+2].[O-]B[O-].c1cocn1. The number of hydrogen-bond donors (Lipinski definition) is 0. The van der Waals surface area contributed by atoms with E-state index in [1.54, 1.807) is 6.20 Å². The third kappa shape index (κ3) is 15.8. The molecule has 1 aromatic heterocycles. The van der Waals surface area contributed by atoms with Crippen LogP contribution in [-0.2, 0) is 0 Å². The van der Waals surface area contributed by atoms with Gasteiger partial charge >= 0.3 is 37.7 Å². The van der Waals surface area contributed by atoms with Gasteiger partial charge in [0.2, 0.25) is 0 Å². The Labute approximate surface area is 88.7 Å². The molecule has 0 aliphatic heterocycles. The van der Waals surface area contributed by atoms with Crippen LogP contribution in [0.5, 0.6) is 0 Å². The molecule has 2 N–H and O–H groups in total. The first-order valence-electron chi connectivity index (χ1n) is 1.90. The van der Waals surface area contributed by atoms with Gasteiger partial charge in [0.15, 0.2) is 6.39 Å². The van der Waals surface area contributed by atoms with Gasteiger partial charge in [-0.15, -0.1) is 7.69 Å². The van der Waals surface area contributed by atoms with Gasteiger partial charge in [-0.3, -0.25) is 0 Å². The largest absolute Gasteiger partial charge is 2.00 e. The molecule has 0 aliphatic carbocycles. The predicted octanol–water partition coefficient (Wildman–Crippen LogP) is -3.56. The predicted molar refractivity (Wildman–Crippen MR) is 33.0 cm³/mol. The van der Waals surface area contributed by atoms with Crippen molar-refractivity contribution in [3.8, 4) is 0 Å². The molecule has 0 aromatic carbocycles. The molecule has 0 fully saturated rings. The molecule has 0 aliphatic rings. The summed E-state index contributed by atoms with van der Waals surface area (Å²) in [5, 5.41) is 16.8. The molecule has 0 bridgehead atoms. The van der Waals surface area contributed by atoms with E-state index >= 15 is 0 Å². The molecule has 52 valence electrons. The summed E-state index contributed by atoms with van der Waals surface area (Å²) in [6.07, 6.45) is 4.47. The van der Waals surface area contributed by atoms with Crippen molar-refractivity contribution in [2.45, 2.75) is 0 Å². The van der Waals surface area contributed by atoms with Crippen LogP contribution in [0.4, 0.5) is 0 Å². The zero-order valence-corrected chi connectivity index (χ0v) is 7.53. The minimum atomic E-state index is -1.25. The van der Waals surface area contributed by atoms with E-state index in [9.17, 15) is 0 Å². The molecule has 0 unspecified atom stereocenters. The molecule has 10 heavy (non-hydrogen) atoms. The minimum Gasteiger partial charge on any atom is -0.896 e. The van der Waals surface area contributed by atoms with Crippen LogP contribution in [0, 0.1) is 0 Å². The van der Waals surface area contributed by atoms with Gasteiger partial charge in [0.1, 0.15) is 6.26 Å². The van der Waals surface area contributed by atoms with Crippen LogP contribution in [0.3, 0.4) is 0 Å². The van der Waals surface area contributed by atoms with Gasteiger partial charge in [0.25, 0.3) is 0 Å². The van der Waals surface area contributed by atoms with Gasteiger partial charge in [0.05, 0.1) is 6.20 Å². The zero-order valence-electron chi connectivity index (χ0n) is 5.32. The van der Waals surface area contributed by atoms with Gasteiger partial charge in [-0.05, 0) is 0 Å². The van der Waals surface area contributed by atoms with Gasteiger partial charge in [-0.2, -0.15) is 0 Å². The van der Waals surface area contributed by atoms with Crippen molar-refractivity contribution in [2.24, 2.45) is 0 Å². The van der Waals surface area contributed by atoms with Crippen molar-refractivity contribution in [2.75, 3.05) is 0 Å². The van der Waals surface area contributed by atoms with Crippen molar-refractivity contribution in [3.05, 3.63) is 18.9 Å². The van der Waals surface area contributed by atoms with Gasteiger partial charge in [-0.1, -0.05) is 0 Å². The van der Waals surface area contributed by atoms with E-state index in [0.717, 1.165) is 0 Å². The first kappa shape index (κ1) is 16.8. The van der Waals surface area contributed by atoms with E-state index in [1.807, 2.05) is 0 Å². The fraction of sp³-hybridized carbons (Fsp3) is 0. The fourth-order valence-electron chi connectivity index (χ4n) is 0.176. The summed E-state index contributed by atoms with van der Waals surface area (Å²) in [4.78, 5) is 3.56. The maximum absolute atomic E-state index is 8.38. The Morgan fingerprint density at radius 2 is 1.90 bits per heavy atom. The Morgan fingerprint density at radius 3 is 2.00 bits per heavy atom. The summed E-state index contributed by atoms with van der Waals surface area (Å²) >= 11 is 0. The molecule has 0 spiro atoms. The molecule has 0 atom stereocenters. The van der Waals surface area contributed by atoms with Gasteiger partial charge in [0, 0.05) is 0 Å². The average Bonchev–Trinajstić information content (AvgIpc) is 2.17. The van der Waals surface area contributed by atoms with Crippen LogP contribution in [0.1, 0.15) is 0 Å². The molecule has 1 heterocycles. The maximum Gasteiger partial charge on any atom is 2.00 e. The third-order valence-corrected chi connectivity index (χ3v) is 0.347. The first-order valence-corrected chi connectivity index (χ1v) is 1.90. The molecule has 0 amide bonds. The Kier molecular flexibility index (Phi) is 27.2. The van der Waals surface area contributed by atoms with E-state index in [-0.39, 0.29) is 43.2 Å². The topological polar surface area (TPSA) is 104 Å². The van der Waals surface area contributed by atoms with E-state index in [2.05, 4.69) is 9.40 Å². The summed E-state index contributed by atoms with van der Waals surface area (Å²) in [5.41, 5.74) is 0. The van der Waals surface area contributed by atoms with Crippen LogP contribution in [0.2, 0.25) is 0 Å². The summed E-state index contributed by atoms with van der Waals surface area (Å²) in [5.74, 6) is 0. The van der Waals surface area contributed by atoms with E-state index in [0.29, 0.717) is 0 Å². The summed E-state index contributed by atoms with van der Waals surface area (Å²) in [6, 6.07) is 0. The quantitative estimate of drug-likeness (QED) is 0.376. The summed E-state index contributed by atoms with van der Waals surface area (Å²) in [7, 11) is -1.25. The molecule has 0 saturated heterocycles. The molecule has 7 heteroatoms. The second-order valence-electron chi connectivity index (χ2n) is 0.794. The van der Waals surface area contributed by atoms with Crippen molar-refractivity contribution in [1.82, 2.24) is 4.98 Å². The third-order valence-electron chi connectivity index (χ3n) is 0.347. The Morgan fingerprint density at radius 1 is 1.40 bits per heavy atom. The average molecular weight is 171 g/mol. The zero-order chi connectivity index (χ0) is 6.24. The Hall–Kier alpha value is 0.415. The second kappa shape index (κ2) is 16.2. The van der Waals surface area contributed by atoms with Crippen LogP contribution in [0.25, 0.3) is 0 Å². The fourth-order valence-corrected chi connectivity index (χ4v) is 0.176. The Bertz CT molecular complexity index is 87.4. The number of oxazole rings is 1.